The molecule has 1 aliphatic rings. The molecule has 0 spiro atoms. The Morgan fingerprint density at radius 2 is 2.33 bits per heavy atom. The lowest BCUT2D eigenvalue weighted by molar-refractivity contribution is -0.119. The number of halogens is 1. The fraction of sp³-hybridized carbons (Fsp3) is 0.385. The smallest absolute Gasteiger partial charge is 0.244 e. The summed E-state index contributed by atoms with van der Waals surface area (Å²) in [5, 5.41) is 12.1. The number of nitriles is 1. The van der Waals surface area contributed by atoms with Gasteiger partial charge in [0.1, 0.15) is 11.2 Å². The summed E-state index contributed by atoms with van der Waals surface area (Å²) in [6.07, 6.45) is 1.25. The van der Waals surface area contributed by atoms with E-state index in [-0.39, 0.29) is 5.91 Å². The summed E-state index contributed by atoms with van der Waals surface area (Å²) >= 11 is 6.01. The molecule has 1 fully saturated rings. The van der Waals surface area contributed by atoms with Gasteiger partial charge in [0.05, 0.1) is 17.7 Å². The maximum atomic E-state index is 11.8. The zero-order chi connectivity index (χ0) is 13.2. The molecule has 1 aromatic rings. The van der Waals surface area contributed by atoms with Crippen LogP contribution in [0, 0.1) is 16.7 Å². The molecule has 1 N–H and O–H groups in total. The summed E-state index contributed by atoms with van der Waals surface area (Å²) in [5.74, 6) is 0.323. The maximum Gasteiger partial charge on any atom is 0.244 e. The van der Waals surface area contributed by atoms with Crippen LogP contribution in [0.2, 0.25) is 5.02 Å². The first kappa shape index (κ1) is 12.7. The summed E-state index contributed by atoms with van der Waals surface area (Å²) in [7, 11) is 0. The van der Waals surface area contributed by atoms with Crippen LogP contribution in [0.3, 0.4) is 0 Å². The third-order valence-corrected chi connectivity index (χ3v) is 3.18. The fourth-order valence-corrected chi connectivity index (χ4v) is 1.85. The summed E-state index contributed by atoms with van der Waals surface area (Å²) < 4.78 is 5.30. The van der Waals surface area contributed by atoms with Crippen LogP contribution in [0.1, 0.15) is 19.8 Å². The zero-order valence-corrected chi connectivity index (χ0v) is 10.8. The number of carbonyl (C=O) groups is 1. The summed E-state index contributed by atoms with van der Waals surface area (Å²) in [5.41, 5.74) is -0.250. The number of amides is 1. The van der Waals surface area contributed by atoms with Crippen molar-refractivity contribution in [2.75, 3.05) is 11.9 Å². The van der Waals surface area contributed by atoms with Crippen molar-refractivity contribution in [2.45, 2.75) is 19.8 Å². The largest absolute Gasteiger partial charge is 0.492 e. The fourth-order valence-electron chi connectivity index (χ4n) is 1.62. The van der Waals surface area contributed by atoms with Crippen molar-refractivity contribution in [1.29, 1.82) is 5.26 Å². The van der Waals surface area contributed by atoms with E-state index in [1.54, 1.807) is 18.2 Å². The molecule has 0 heterocycles. The van der Waals surface area contributed by atoms with E-state index in [1.165, 1.54) is 0 Å². The molecule has 0 atom stereocenters. The molecule has 1 aromatic carbocycles. The molecule has 0 aromatic heterocycles. The van der Waals surface area contributed by atoms with Crippen LogP contribution in [0.15, 0.2) is 18.2 Å². The SMILES string of the molecule is CCOc1ccc(NC(=O)C2(C#N)CC2)cc1Cl. The first-order chi connectivity index (χ1) is 8.61. The molecule has 0 radical (unpaired) electrons. The highest BCUT2D eigenvalue weighted by atomic mass is 35.5. The second kappa shape index (κ2) is 4.87. The van der Waals surface area contributed by atoms with Crippen molar-refractivity contribution in [3.63, 3.8) is 0 Å². The van der Waals surface area contributed by atoms with Crippen LogP contribution in [0.4, 0.5) is 5.69 Å². The van der Waals surface area contributed by atoms with E-state index in [9.17, 15) is 4.79 Å². The van der Waals surface area contributed by atoms with Crippen LogP contribution in [-0.2, 0) is 4.79 Å². The van der Waals surface area contributed by atoms with Gasteiger partial charge in [-0.2, -0.15) is 5.26 Å². The number of anilines is 1. The van der Waals surface area contributed by atoms with Crippen molar-refractivity contribution < 1.29 is 9.53 Å². The molecule has 2 rings (SSSR count). The Morgan fingerprint density at radius 3 is 2.83 bits per heavy atom. The number of hydrogen-bond donors (Lipinski definition) is 1. The van der Waals surface area contributed by atoms with Gasteiger partial charge in [0.25, 0.3) is 0 Å². The molecule has 1 amide bonds. The average Bonchev–Trinajstić information content (AvgIpc) is 3.14. The number of benzene rings is 1. The van der Waals surface area contributed by atoms with Crippen molar-refractivity contribution in [2.24, 2.45) is 5.41 Å². The third kappa shape index (κ3) is 2.41. The number of nitrogens with zero attached hydrogens (tertiary/aromatic N) is 1. The molecule has 18 heavy (non-hydrogen) atoms. The Hall–Kier alpha value is -1.73. The lowest BCUT2D eigenvalue weighted by Crippen LogP contribution is -2.22. The van der Waals surface area contributed by atoms with Gasteiger partial charge in [0.15, 0.2) is 0 Å². The standard InChI is InChI=1S/C13H13ClN2O2/c1-2-18-11-4-3-9(7-10(11)14)16-12(17)13(8-15)5-6-13/h3-4,7H,2,5-6H2,1H3,(H,16,17). The summed E-state index contributed by atoms with van der Waals surface area (Å²) in [6.45, 7) is 2.40. The van der Waals surface area contributed by atoms with E-state index in [0.717, 1.165) is 0 Å². The number of nitrogens with one attached hydrogen (secondary N) is 1. The number of hydrogen-bond acceptors (Lipinski definition) is 3. The van der Waals surface area contributed by atoms with E-state index in [2.05, 4.69) is 5.32 Å². The lowest BCUT2D eigenvalue weighted by Gasteiger charge is -2.10. The monoisotopic (exact) mass is 264 g/mol. The first-order valence-electron chi connectivity index (χ1n) is 5.76. The number of rotatable bonds is 4. The second-order valence-corrected chi connectivity index (χ2v) is 4.63. The third-order valence-electron chi connectivity index (χ3n) is 2.89. The van der Waals surface area contributed by atoms with Crippen LogP contribution >= 0.6 is 11.6 Å². The Balaban J connectivity index is 2.09. The van der Waals surface area contributed by atoms with Crippen LogP contribution < -0.4 is 10.1 Å². The van der Waals surface area contributed by atoms with Gasteiger partial charge < -0.3 is 10.1 Å². The Kier molecular flexibility index (Phi) is 3.44. The van der Waals surface area contributed by atoms with Gasteiger partial charge in [-0.25, -0.2) is 0 Å². The van der Waals surface area contributed by atoms with E-state index in [4.69, 9.17) is 21.6 Å². The lowest BCUT2D eigenvalue weighted by atomic mass is 10.1. The molecule has 0 bridgehead atoms. The van der Waals surface area contributed by atoms with E-state index >= 15 is 0 Å². The highest BCUT2D eigenvalue weighted by Gasteiger charge is 2.50. The van der Waals surface area contributed by atoms with Gasteiger partial charge in [-0.05, 0) is 38.0 Å². The summed E-state index contributed by atoms with van der Waals surface area (Å²) in [6, 6.07) is 7.08. The van der Waals surface area contributed by atoms with Gasteiger partial charge >= 0.3 is 0 Å². The van der Waals surface area contributed by atoms with Crippen LogP contribution in [-0.4, -0.2) is 12.5 Å². The molecule has 4 nitrogen and oxygen atoms in total. The molecule has 5 heteroatoms. The molecule has 94 valence electrons. The van der Waals surface area contributed by atoms with Gasteiger partial charge in [0.2, 0.25) is 5.91 Å². The molecule has 0 saturated heterocycles. The van der Waals surface area contributed by atoms with Crippen molar-refractivity contribution in [3.8, 4) is 11.8 Å². The topological polar surface area (TPSA) is 62.1 Å². The van der Waals surface area contributed by atoms with E-state index in [1.807, 2.05) is 13.0 Å². The minimum absolute atomic E-state index is 0.259. The predicted molar refractivity (Wildman–Crippen MR) is 68.5 cm³/mol. The van der Waals surface area contributed by atoms with E-state index < -0.39 is 5.41 Å². The van der Waals surface area contributed by atoms with Crippen LogP contribution in [0.5, 0.6) is 5.75 Å². The van der Waals surface area contributed by atoms with Crippen molar-refractivity contribution in [1.82, 2.24) is 0 Å². The minimum Gasteiger partial charge on any atom is -0.492 e. The molecular weight excluding hydrogens is 252 g/mol. The molecule has 1 saturated carbocycles. The second-order valence-electron chi connectivity index (χ2n) is 4.23. The number of carbonyl (C=O) groups excluding carboxylic acids is 1. The molecule has 1 aliphatic carbocycles. The molecular formula is C13H13ClN2O2. The maximum absolute atomic E-state index is 11.8. The molecule has 0 unspecified atom stereocenters. The van der Waals surface area contributed by atoms with Crippen molar-refractivity contribution in [3.05, 3.63) is 23.2 Å². The van der Waals surface area contributed by atoms with Gasteiger partial charge in [-0.3, -0.25) is 4.79 Å². The van der Waals surface area contributed by atoms with Crippen LogP contribution in [0.25, 0.3) is 0 Å². The van der Waals surface area contributed by atoms with E-state index in [0.29, 0.717) is 35.9 Å². The quantitative estimate of drug-likeness (QED) is 0.909. The molecule has 0 aliphatic heterocycles. The normalized spacial score (nSPS) is 15.6. The Morgan fingerprint density at radius 1 is 1.61 bits per heavy atom. The highest BCUT2D eigenvalue weighted by molar-refractivity contribution is 6.32. The van der Waals surface area contributed by atoms with Gasteiger partial charge in [-0.1, -0.05) is 11.6 Å². The van der Waals surface area contributed by atoms with Gasteiger partial charge in [-0.15, -0.1) is 0 Å². The predicted octanol–water partition coefficient (Wildman–Crippen LogP) is 2.98. The number of ether oxygens (including phenoxy) is 1. The average molecular weight is 265 g/mol. The first-order valence-corrected chi connectivity index (χ1v) is 6.14. The van der Waals surface area contributed by atoms with Gasteiger partial charge in [0, 0.05) is 5.69 Å². The Bertz CT molecular complexity index is 518. The Labute approximate surface area is 111 Å². The minimum atomic E-state index is -0.828. The zero-order valence-electron chi connectivity index (χ0n) is 10.00. The van der Waals surface area contributed by atoms with Crippen molar-refractivity contribution >= 4 is 23.2 Å². The highest BCUT2D eigenvalue weighted by Crippen LogP contribution is 2.45. The summed E-state index contributed by atoms with van der Waals surface area (Å²) in [4.78, 5) is 11.8.